The van der Waals surface area contributed by atoms with Gasteiger partial charge in [0.25, 0.3) is 11.1 Å². The van der Waals surface area contributed by atoms with Crippen molar-refractivity contribution < 1.29 is 4.79 Å². The Balaban J connectivity index is 2.03. The minimum Gasteiger partial charge on any atom is -0.295 e. The van der Waals surface area contributed by atoms with Gasteiger partial charge in [-0.05, 0) is 31.2 Å². The van der Waals surface area contributed by atoms with Gasteiger partial charge in [-0.1, -0.05) is 12.2 Å². The van der Waals surface area contributed by atoms with E-state index in [1.165, 1.54) is 56.8 Å². The fourth-order valence-corrected chi connectivity index (χ4v) is 8.42. The van der Waals surface area contributed by atoms with E-state index < -0.39 is 0 Å². The summed E-state index contributed by atoms with van der Waals surface area (Å²) in [5.41, 5.74) is 0.374. The minimum atomic E-state index is -0.321. The van der Waals surface area contributed by atoms with Crippen molar-refractivity contribution in [2.24, 2.45) is 0 Å². The van der Waals surface area contributed by atoms with Gasteiger partial charge in [0.1, 0.15) is 20.2 Å². The lowest BCUT2D eigenvalue weighted by atomic mass is 10.1. The largest absolute Gasteiger partial charge is 0.295 e. The maximum Gasteiger partial charge on any atom is 0.277 e. The van der Waals surface area contributed by atoms with Crippen LogP contribution in [0.25, 0.3) is 13.7 Å². The lowest BCUT2D eigenvalue weighted by Gasteiger charge is -2.01. The molecule has 9 heteroatoms. The topological polar surface area (TPSA) is 56.1 Å². The molecule has 0 N–H and O–H groups in total. The van der Waals surface area contributed by atoms with Crippen molar-refractivity contribution in [2.75, 3.05) is 0 Å². The molecule has 3 heterocycles. The highest BCUT2D eigenvalue weighted by Crippen LogP contribution is 2.34. The molecule has 0 saturated carbocycles. The van der Waals surface area contributed by atoms with Crippen LogP contribution in [-0.4, -0.2) is 10.4 Å². The van der Waals surface area contributed by atoms with Crippen molar-refractivity contribution in [1.82, 2.24) is 4.57 Å². The van der Waals surface area contributed by atoms with Crippen molar-refractivity contribution in [2.45, 2.75) is 6.92 Å². The van der Waals surface area contributed by atoms with E-state index in [9.17, 15) is 14.4 Å². The Labute approximate surface area is 155 Å². The van der Waals surface area contributed by atoms with E-state index in [1.807, 2.05) is 0 Å². The molecule has 0 amide bonds. The van der Waals surface area contributed by atoms with E-state index in [0.29, 0.717) is 20.3 Å². The first-order valence-corrected chi connectivity index (χ1v) is 10.4. The summed E-state index contributed by atoms with van der Waals surface area (Å²) in [6.45, 7) is 1.47. The summed E-state index contributed by atoms with van der Waals surface area (Å²) in [4.78, 5) is 36.8. The number of carbonyl (C=O) groups is 1. The number of Topliss-reactive ketones (excluding diaryl/α,β-unsaturated/α-hetero) is 1. The van der Waals surface area contributed by atoms with Gasteiger partial charge in [0.2, 0.25) is 0 Å². The van der Waals surface area contributed by atoms with Crippen LogP contribution in [-0.2, 0) is 0 Å². The Bertz CT molecular complexity index is 1260. The molecule has 0 fully saturated rings. The fraction of sp³-hybridized carbons (Fsp3) is 0.0667. The molecule has 0 unspecified atom stereocenters. The number of ketones is 1. The van der Waals surface area contributed by atoms with Gasteiger partial charge in [-0.25, -0.2) is 4.57 Å². The minimum absolute atomic E-state index is 0.0604. The second-order valence-corrected chi connectivity index (χ2v) is 10.7. The summed E-state index contributed by atoms with van der Waals surface area (Å²) in [6.07, 6.45) is 0. The predicted octanol–water partition coefficient (Wildman–Crippen LogP) is 4.25. The van der Waals surface area contributed by atoms with Crippen LogP contribution in [0.4, 0.5) is 0 Å². The summed E-state index contributed by atoms with van der Waals surface area (Å²) in [5.74, 6) is -0.0604. The molecule has 0 atom stereocenters. The Morgan fingerprint density at radius 3 is 1.88 bits per heavy atom. The summed E-state index contributed by atoms with van der Waals surface area (Å²) >= 11 is 10.8. The molecule has 0 spiro atoms. The molecular weight excluding hydrogens is 403 g/mol. The Hall–Kier alpha value is -1.52. The van der Waals surface area contributed by atoms with E-state index in [1.54, 1.807) is 24.3 Å². The fourth-order valence-electron chi connectivity index (χ4n) is 2.32. The molecule has 0 bridgehead atoms. The first-order valence-electron chi connectivity index (χ1n) is 6.69. The van der Waals surface area contributed by atoms with Crippen molar-refractivity contribution in [3.05, 3.63) is 62.7 Å². The second-order valence-electron chi connectivity index (χ2n) is 4.94. The van der Waals surface area contributed by atoms with Crippen LogP contribution in [0.2, 0.25) is 0 Å². The molecule has 4 nitrogen and oxygen atoms in total. The monoisotopic (exact) mass is 409 g/mol. The van der Waals surface area contributed by atoms with Crippen LogP contribution in [0.1, 0.15) is 17.3 Å². The third-order valence-corrected chi connectivity index (χ3v) is 9.14. The number of fused-ring (bicyclic) bond motifs is 1. The van der Waals surface area contributed by atoms with Crippen molar-refractivity contribution in [3.63, 3.8) is 0 Å². The maximum absolute atomic E-state index is 12.7. The standard InChI is InChI=1S/C15H7NO3S5/c1-6(17)7-2-4-8(5-3-7)16-11(18)9-10(12(16)19)22-14-13(21-9)23-15(20)24-14/h2-5H,1H3. The zero-order valence-electron chi connectivity index (χ0n) is 12.0. The SMILES string of the molecule is CC(=O)c1ccc(-n2c(=O)c3sc4sc(=S)sc4sc=3c2=O)cc1. The summed E-state index contributed by atoms with van der Waals surface area (Å²) in [5, 5.41) is 0. The van der Waals surface area contributed by atoms with E-state index in [4.69, 9.17) is 12.2 Å². The van der Waals surface area contributed by atoms with Gasteiger partial charge in [-0.3, -0.25) is 14.4 Å². The molecule has 2 aliphatic rings. The van der Waals surface area contributed by atoms with Gasteiger partial charge < -0.3 is 0 Å². The van der Waals surface area contributed by atoms with Crippen LogP contribution in [0.3, 0.4) is 0 Å². The first-order chi connectivity index (χ1) is 11.5. The average Bonchev–Trinajstić information content (AvgIpc) is 3.03. The van der Waals surface area contributed by atoms with E-state index in [0.717, 1.165) is 11.2 Å². The molecule has 1 aromatic carbocycles. The van der Waals surface area contributed by atoms with Gasteiger partial charge in [-0.15, -0.1) is 45.3 Å². The Kier molecular flexibility index (Phi) is 3.85. The number of carbonyl (C=O) groups excluding carboxylic acids is 1. The van der Waals surface area contributed by atoms with Crippen LogP contribution >= 0.6 is 57.6 Å². The third kappa shape index (κ3) is 2.44. The average molecular weight is 410 g/mol. The predicted molar refractivity (Wildman–Crippen MR) is 103 cm³/mol. The third-order valence-electron chi connectivity index (χ3n) is 3.44. The highest BCUT2D eigenvalue weighted by atomic mass is 32.2. The van der Waals surface area contributed by atoms with Gasteiger partial charge in [0, 0.05) is 5.56 Å². The van der Waals surface area contributed by atoms with Crippen molar-refractivity contribution >= 4 is 71.4 Å². The highest BCUT2D eigenvalue weighted by Gasteiger charge is 2.15. The summed E-state index contributed by atoms with van der Waals surface area (Å²) in [7, 11) is 0. The lowest BCUT2D eigenvalue weighted by molar-refractivity contribution is 0.101. The summed E-state index contributed by atoms with van der Waals surface area (Å²) in [6, 6.07) is 6.50. The van der Waals surface area contributed by atoms with Gasteiger partial charge in [0.15, 0.2) is 5.78 Å². The highest BCUT2D eigenvalue weighted by molar-refractivity contribution is 7.78. The number of benzene rings is 1. The number of hydrogen-bond acceptors (Lipinski definition) is 8. The smallest absolute Gasteiger partial charge is 0.277 e. The Morgan fingerprint density at radius 1 is 0.917 bits per heavy atom. The molecule has 4 rings (SSSR count). The molecule has 1 aromatic heterocycles. The van der Waals surface area contributed by atoms with E-state index in [-0.39, 0.29) is 16.9 Å². The molecular formula is C15H7NO3S5. The van der Waals surface area contributed by atoms with Crippen LogP contribution in [0.15, 0.2) is 33.9 Å². The van der Waals surface area contributed by atoms with E-state index >= 15 is 0 Å². The zero-order chi connectivity index (χ0) is 17.0. The summed E-state index contributed by atoms with van der Waals surface area (Å²) < 4.78 is 4.82. The molecule has 2 aromatic rings. The van der Waals surface area contributed by atoms with Gasteiger partial charge in [-0.2, -0.15) is 0 Å². The maximum atomic E-state index is 12.7. The number of nitrogens with zero attached hydrogens (tertiary/aromatic N) is 1. The molecule has 2 aliphatic heterocycles. The van der Waals surface area contributed by atoms with Crippen LogP contribution in [0, 0.1) is 12.2 Å². The normalized spacial score (nSPS) is 11.4. The van der Waals surface area contributed by atoms with Crippen molar-refractivity contribution in [1.29, 1.82) is 0 Å². The lowest BCUT2D eigenvalue weighted by Crippen LogP contribution is -2.24. The molecule has 0 radical (unpaired) electrons. The number of rotatable bonds is 2. The molecule has 120 valence electrons. The zero-order valence-corrected chi connectivity index (χ0v) is 16.1. The van der Waals surface area contributed by atoms with Crippen molar-refractivity contribution in [3.8, 4) is 5.69 Å². The molecule has 0 saturated heterocycles. The Morgan fingerprint density at radius 2 is 1.42 bits per heavy atom. The molecule has 24 heavy (non-hydrogen) atoms. The van der Waals surface area contributed by atoms with Gasteiger partial charge in [0.05, 0.1) is 5.69 Å². The second kappa shape index (κ2) is 5.78. The molecule has 0 aliphatic carbocycles. The quantitative estimate of drug-likeness (QED) is 0.367. The van der Waals surface area contributed by atoms with Gasteiger partial charge >= 0.3 is 0 Å². The van der Waals surface area contributed by atoms with Crippen LogP contribution in [0.5, 0.6) is 0 Å². The van der Waals surface area contributed by atoms with Crippen LogP contribution < -0.4 is 11.1 Å². The number of aromatic nitrogens is 1. The first kappa shape index (κ1) is 16.0. The number of hydrogen-bond donors (Lipinski definition) is 0. The van der Waals surface area contributed by atoms with E-state index in [2.05, 4.69) is 0 Å².